The Morgan fingerprint density at radius 3 is 2.50 bits per heavy atom. The molecule has 0 fully saturated rings. The predicted octanol–water partition coefficient (Wildman–Crippen LogP) is 4.05. The zero-order valence-corrected chi connectivity index (χ0v) is 14.0. The Morgan fingerprint density at radius 1 is 1.08 bits per heavy atom. The second-order valence-electron chi connectivity index (χ2n) is 5.08. The Kier molecular flexibility index (Phi) is 4.57. The lowest BCUT2D eigenvalue weighted by atomic mass is 10.1. The number of pyridine rings is 1. The zero-order chi connectivity index (χ0) is 17.1. The number of carbonyl (C=O) groups is 2. The van der Waals surface area contributed by atoms with E-state index in [1.54, 1.807) is 24.3 Å². The van der Waals surface area contributed by atoms with Crippen LogP contribution in [0.1, 0.15) is 26.5 Å². The summed E-state index contributed by atoms with van der Waals surface area (Å²) in [5.74, 6) is -1.85. The van der Waals surface area contributed by atoms with E-state index in [0.29, 0.717) is 10.8 Å². The van der Waals surface area contributed by atoms with Gasteiger partial charge >= 0.3 is 11.9 Å². The topological polar surface area (TPSA) is 76.5 Å². The highest BCUT2D eigenvalue weighted by molar-refractivity contribution is 9.10. The molecule has 0 unspecified atom stereocenters. The summed E-state index contributed by atoms with van der Waals surface area (Å²) < 4.78 is 6.22. The first-order chi connectivity index (χ1) is 11.5. The molecule has 0 saturated heterocycles. The molecule has 0 aliphatic heterocycles. The van der Waals surface area contributed by atoms with Crippen molar-refractivity contribution in [2.24, 2.45) is 0 Å². The molecule has 0 atom stereocenters. The first kappa shape index (κ1) is 16.1. The Balaban J connectivity index is 1.90. The summed E-state index contributed by atoms with van der Waals surface area (Å²) in [6.07, 6.45) is 0. The molecule has 0 amide bonds. The Hall–Kier alpha value is -2.73. The van der Waals surface area contributed by atoms with Crippen molar-refractivity contribution in [3.05, 3.63) is 76.0 Å². The molecule has 3 rings (SSSR count). The van der Waals surface area contributed by atoms with Gasteiger partial charge in [-0.15, -0.1) is 0 Å². The molecule has 1 aromatic heterocycles. The molecule has 3 aromatic rings. The Bertz CT molecular complexity index is 922. The first-order valence-corrected chi connectivity index (χ1v) is 7.88. The van der Waals surface area contributed by atoms with E-state index in [0.717, 1.165) is 10.0 Å². The van der Waals surface area contributed by atoms with E-state index >= 15 is 0 Å². The van der Waals surface area contributed by atoms with Crippen molar-refractivity contribution in [2.45, 2.75) is 6.61 Å². The van der Waals surface area contributed by atoms with E-state index in [1.165, 1.54) is 6.07 Å². The molecule has 0 radical (unpaired) electrons. The van der Waals surface area contributed by atoms with Gasteiger partial charge in [0.15, 0.2) is 5.69 Å². The monoisotopic (exact) mass is 385 g/mol. The number of benzene rings is 2. The molecule has 1 heterocycles. The maximum Gasteiger partial charge on any atom is 0.357 e. The molecule has 24 heavy (non-hydrogen) atoms. The van der Waals surface area contributed by atoms with Crippen molar-refractivity contribution >= 4 is 38.6 Å². The third-order valence-electron chi connectivity index (χ3n) is 3.44. The fraction of sp³-hybridized carbons (Fsp3) is 0.0556. The number of ether oxygens (including phenoxy) is 1. The van der Waals surface area contributed by atoms with Crippen molar-refractivity contribution < 1.29 is 19.4 Å². The molecule has 0 spiro atoms. The van der Waals surface area contributed by atoms with Gasteiger partial charge in [-0.1, -0.05) is 52.3 Å². The second kappa shape index (κ2) is 6.80. The van der Waals surface area contributed by atoms with Crippen LogP contribution in [0.5, 0.6) is 0 Å². The van der Waals surface area contributed by atoms with Crippen molar-refractivity contribution in [1.82, 2.24) is 4.98 Å². The van der Waals surface area contributed by atoms with Crippen LogP contribution in [0.25, 0.3) is 10.8 Å². The molecule has 2 aromatic carbocycles. The minimum absolute atomic E-state index is 0.00242. The highest BCUT2D eigenvalue weighted by atomic mass is 79.9. The van der Waals surface area contributed by atoms with Crippen molar-refractivity contribution in [3.63, 3.8) is 0 Å². The lowest BCUT2D eigenvalue weighted by Crippen LogP contribution is -2.11. The number of fused-ring (bicyclic) bond motifs is 1. The average molecular weight is 386 g/mol. The van der Waals surface area contributed by atoms with Gasteiger partial charge in [-0.05, 0) is 29.1 Å². The van der Waals surface area contributed by atoms with Gasteiger partial charge < -0.3 is 9.84 Å². The van der Waals surface area contributed by atoms with Crippen LogP contribution in [0.3, 0.4) is 0 Å². The van der Waals surface area contributed by atoms with Gasteiger partial charge in [-0.3, -0.25) is 0 Å². The minimum atomic E-state index is -1.19. The van der Waals surface area contributed by atoms with Crippen LogP contribution in [0.4, 0.5) is 0 Å². The lowest BCUT2D eigenvalue weighted by molar-refractivity contribution is 0.0468. The lowest BCUT2D eigenvalue weighted by Gasteiger charge is -2.08. The normalized spacial score (nSPS) is 10.5. The van der Waals surface area contributed by atoms with Crippen LogP contribution in [0.2, 0.25) is 0 Å². The number of carbonyl (C=O) groups excluding carboxylic acids is 1. The zero-order valence-electron chi connectivity index (χ0n) is 12.4. The van der Waals surface area contributed by atoms with Gasteiger partial charge in [0.25, 0.3) is 0 Å². The van der Waals surface area contributed by atoms with Crippen molar-refractivity contribution in [1.29, 1.82) is 0 Å². The van der Waals surface area contributed by atoms with Crippen LogP contribution in [0, 0.1) is 0 Å². The number of hydrogen-bond donors (Lipinski definition) is 1. The van der Waals surface area contributed by atoms with Crippen LogP contribution in [0.15, 0.2) is 59.1 Å². The standard InChI is InChI=1S/C18H12BrNO4/c19-13-7-5-11(6-8-13)10-24-18(23)16-14-4-2-1-3-12(14)9-15(20-16)17(21)22/h1-9H,10H2,(H,21,22). The quantitative estimate of drug-likeness (QED) is 0.685. The van der Waals surface area contributed by atoms with E-state index in [-0.39, 0.29) is 18.0 Å². The Labute approximate surface area is 146 Å². The summed E-state index contributed by atoms with van der Waals surface area (Å²) >= 11 is 3.34. The van der Waals surface area contributed by atoms with Crippen molar-refractivity contribution in [3.8, 4) is 0 Å². The van der Waals surface area contributed by atoms with E-state index < -0.39 is 11.9 Å². The molecule has 120 valence electrons. The highest BCUT2D eigenvalue weighted by Gasteiger charge is 2.17. The molecule has 0 aliphatic carbocycles. The molecule has 5 nitrogen and oxygen atoms in total. The summed E-state index contributed by atoms with van der Waals surface area (Å²) in [7, 11) is 0. The molecule has 6 heteroatoms. The van der Waals surface area contributed by atoms with Crippen LogP contribution in [-0.2, 0) is 11.3 Å². The van der Waals surface area contributed by atoms with Crippen LogP contribution >= 0.6 is 15.9 Å². The van der Waals surface area contributed by atoms with E-state index in [9.17, 15) is 9.59 Å². The average Bonchev–Trinajstić information content (AvgIpc) is 2.60. The number of aromatic nitrogens is 1. The number of hydrogen-bond acceptors (Lipinski definition) is 4. The number of esters is 1. The van der Waals surface area contributed by atoms with Crippen LogP contribution < -0.4 is 0 Å². The number of carboxylic acid groups (broad SMARTS) is 1. The van der Waals surface area contributed by atoms with Crippen molar-refractivity contribution in [2.75, 3.05) is 0 Å². The summed E-state index contributed by atoms with van der Waals surface area (Å²) in [5, 5.41) is 10.3. The van der Waals surface area contributed by atoms with Gasteiger partial charge in [-0.25, -0.2) is 14.6 Å². The van der Waals surface area contributed by atoms with Gasteiger partial charge in [-0.2, -0.15) is 0 Å². The van der Waals surface area contributed by atoms with Gasteiger partial charge in [0, 0.05) is 9.86 Å². The third kappa shape index (κ3) is 3.44. The van der Waals surface area contributed by atoms with E-state index in [4.69, 9.17) is 9.84 Å². The smallest absolute Gasteiger partial charge is 0.357 e. The van der Waals surface area contributed by atoms with Crippen LogP contribution in [-0.4, -0.2) is 22.0 Å². The fourth-order valence-electron chi connectivity index (χ4n) is 2.26. The number of rotatable bonds is 4. The minimum Gasteiger partial charge on any atom is -0.477 e. The molecular weight excluding hydrogens is 374 g/mol. The molecule has 0 bridgehead atoms. The largest absolute Gasteiger partial charge is 0.477 e. The number of carboxylic acids is 1. The maximum absolute atomic E-state index is 12.4. The predicted molar refractivity (Wildman–Crippen MR) is 92.0 cm³/mol. The summed E-state index contributed by atoms with van der Waals surface area (Å²) in [4.78, 5) is 27.5. The molecule has 0 aliphatic rings. The van der Waals surface area contributed by atoms with E-state index in [1.807, 2.05) is 24.3 Å². The summed E-state index contributed by atoms with van der Waals surface area (Å²) in [5.41, 5.74) is 0.636. The fourth-order valence-corrected chi connectivity index (χ4v) is 2.53. The Morgan fingerprint density at radius 2 is 1.79 bits per heavy atom. The van der Waals surface area contributed by atoms with Gasteiger partial charge in [0.1, 0.15) is 12.3 Å². The number of halogens is 1. The third-order valence-corrected chi connectivity index (χ3v) is 3.96. The molecular formula is C18H12BrNO4. The number of nitrogens with zero attached hydrogens (tertiary/aromatic N) is 1. The summed E-state index contributed by atoms with van der Waals surface area (Å²) in [6, 6.07) is 15.8. The maximum atomic E-state index is 12.4. The molecule has 0 saturated carbocycles. The molecule has 1 N–H and O–H groups in total. The highest BCUT2D eigenvalue weighted by Crippen LogP contribution is 2.20. The van der Waals surface area contributed by atoms with Gasteiger partial charge in [0.2, 0.25) is 0 Å². The van der Waals surface area contributed by atoms with E-state index in [2.05, 4.69) is 20.9 Å². The SMILES string of the molecule is O=C(O)c1cc2ccccc2c(C(=O)OCc2ccc(Br)cc2)n1. The first-order valence-electron chi connectivity index (χ1n) is 7.09. The number of aromatic carboxylic acids is 1. The van der Waals surface area contributed by atoms with Gasteiger partial charge in [0.05, 0.1) is 0 Å². The second-order valence-corrected chi connectivity index (χ2v) is 6.00. The summed E-state index contributed by atoms with van der Waals surface area (Å²) in [6.45, 7) is 0.0828.